The number of ether oxygens (including phenoxy) is 4. The first-order valence-electron chi connectivity index (χ1n) is 8.68. The maximum Gasteiger partial charge on any atom is 1.00 e. The summed E-state index contributed by atoms with van der Waals surface area (Å²) in [5.41, 5.74) is 1.41. The maximum absolute atomic E-state index is 11.5. The Balaban J connectivity index is 0.00000320. The third-order valence-corrected chi connectivity index (χ3v) is 4.48. The molecule has 0 radical (unpaired) electrons. The van der Waals surface area contributed by atoms with Gasteiger partial charge in [-0.05, 0) is 47.4 Å². The van der Waals surface area contributed by atoms with Crippen LogP contribution in [0.2, 0.25) is 0 Å². The number of carbonyl (C=O) groups excluding carboxylic acids is 1. The van der Waals surface area contributed by atoms with Crippen LogP contribution in [0.5, 0.6) is 23.0 Å². The largest absolute Gasteiger partial charge is 1.00 e. The van der Waals surface area contributed by atoms with Crippen molar-refractivity contribution in [2.24, 2.45) is 0 Å². The Morgan fingerprint density at radius 3 is 2.07 bits per heavy atom. The van der Waals surface area contributed by atoms with Gasteiger partial charge in [-0.25, -0.2) is 0 Å². The molecule has 8 heteroatoms. The Labute approximate surface area is 196 Å². The first kappa shape index (κ1) is 23.5. The first-order valence-corrected chi connectivity index (χ1v) is 8.68. The molecule has 0 spiro atoms. The average Bonchev–Trinajstić information content (AvgIpc) is 2.75. The SMILES string of the molecule is COc1ccc(/C(=C\C(=O)[O-])c2nccc3cc(OC)c(OC)cc23)cc1OC.[Na+]. The standard InChI is InChI=1S/C22H21NO6.Na/c1-26-17-6-5-13(9-18(17)27-2)16(12-21(24)25)22-15-11-20(29-4)19(28-3)10-14(15)7-8-23-22;/h5-12H,1-4H3,(H,24,25);/q;+1/p-1/b16-12+;. The third-order valence-electron chi connectivity index (χ3n) is 4.48. The molecule has 3 aromatic rings. The van der Waals surface area contributed by atoms with Crippen molar-refractivity contribution in [2.75, 3.05) is 28.4 Å². The molecule has 0 aliphatic carbocycles. The van der Waals surface area contributed by atoms with E-state index >= 15 is 0 Å². The molecule has 0 N–H and O–H groups in total. The van der Waals surface area contributed by atoms with Gasteiger partial charge in [0.05, 0.1) is 40.1 Å². The molecule has 0 unspecified atom stereocenters. The molecule has 150 valence electrons. The molecule has 0 bridgehead atoms. The van der Waals surface area contributed by atoms with Gasteiger partial charge >= 0.3 is 29.6 Å². The summed E-state index contributed by atoms with van der Waals surface area (Å²) < 4.78 is 21.4. The second-order valence-corrected chi connectivity index (χ2v) is 6.03. The molecule has 0 fully saturated rings. The zero-order chi connectivity index (χ0) is 21.0. The first-order chi connectivity index (χ1) is 14.0. The number of methoxy groups -OCH3 is 4. The van der Waals surface area contributed by atoms with Crippen LogP contribution in [0.25, 0.3) is 16.3 Å². The molecule has 1 aromatic heterocycles. The fourth-order valence-electron chi connectivity index (χ4n) is 3.12. The van der Waals surface area contributed by atoms with E-state index < -0.39 is 5.97 Å². The van der Waals surface area contributed by atoms with Crippen LogP contribution in [-0.4, -0.2) is 39.4 Å². The number of rotatable bonds is 7. The molecule has 3 rings (SSSR count). The second kappa shape index (κ2) is 10.3. The van der Waals surface area contributed by atoms with Crippen molar-refractivity contribution in [3.63, 3.8) is 0 Å². The van der Waals surface area contributed by atoms with Gasteiger partial charge in [-0.3, -0.25) is 4.98 Å². The van der Waals surface area contributed by atoms with Crippen LogP contribution in [0.3, 0.4) is 0 Å². The Hall–Kier alpha value is -2.74. The van der Waals surface area contributed by atoms with Crippen molar-refractivity contribution in [1.29, 1.82) is 0 Å². The number of fused-ring (bicyclic) bond motifs is 1. The van der Waals surface area contributed by atoms with E-state index in [2.05, 4.69) is 4.98 Å². The molecular weight excluding hydrogens is 397 g/mol. The predicted molar refractivity (Wildman–Crippen MR) is 106 cm³/mol. The molecule has 0 saturated heterocycles. The fraction of sp³-hybridized carbons (Fsp3) is 0.182. The van der Waals surface area contributed by atoms with Gasteiger partial charge < -0.3 is 28.8 Å². The van der Waals surface area contributed by atoms with Gasteiger partial charge in [0, 0.05) is 17.2 Å². The Kier molecular flexibility index (Phi) is 8.11. The summed E-state index contributed by atoms with van der Waals surface area (Å²) in [6.07, 6.45) is 2.62. The smallest absolute Gasteiger partial charge is 0.545 e. The van der Waals surface area contributed by atoms with Crippen LogP contribution in [0.15, 0.2) is 48.7 Å². The average molecular weight is 417 g/mol. The zero-order valence-corrected chi connectivity index (χ0v) is 19.5. The number of hydrogen-bond donors (Lipinski definition) is 0. The minimum atomic E-state index is -1.34. The van der Waals surface area contributed by atoms with Crippen LogP contribution in [0.4, 0.5) is 0 Å². The molecular formula is C22H20NNaO6. The predicted octanol–water partition coefficient (Wildman–Crippen LogP) is -0.545. The van der Waals surface area contributed by atoms with Crippen molar-refractivity contribution < 1.29 is 58.4 Å². The number of aromatic nitrogens is 1. The molecule has 0 saturated carbocycles. The topological polar surface area (TPSA) is 89.9 Å². The van der Waals surface area contributed by atoms with Crippen LogP contribution in [0.1, 0.15) is 11.3 Å². The van der Waals surface area contributed by atoms with Gasteiger partial charge in [-0.2, -0.15) is 0 Å². The van der Waals surface area contributed by atoms with E-state index in [0.29, 0.717) is 45.2 Å². The molecule has 0 atom stereocenters. The van der Waals surface area contributed by atoms with E-state index in [1.807, 2.05) is 12.1 Å². The van der Waals surface area contributed by atoms with Crippen LogP contribution >= 0.6 is 0 Å². The Morgan fingerprint density at radius 1 is 0.867 bits per heavy atom. The van der Waals surface area contributed by atoms with E-state index in [1.54, 1.807) is 37.6 Å². The molecule has 30 heavy (non-hydrogen) atoms. The van der Waals surface area contributed by atoms with Gasteiger partial charge in [0.25, 0.3) is 0 Å². The van der Waals surface area contributed by atoms with Crippen molar-refractivity contribution in [1.82, 2.24) is 4.98 Å². The molecule has 0 aliphatic heterocycles. The second-order valence-electron chi connectivity index (χ2n) is 6.03. The number of carboxylic acid groups (broad SMARTS) is 1. The normalized spacial score (nSPS) is 10.9. The van der Waals surface area contributed by atoms with E-state index in [-0.39, 0.29) is 29.6 Å². The number of aliphatic carboxylic acids is 1. The molecule has 1 heterocycles. The number of carbonyl (C=O) groups is 1. The van der Waals surface area contributed by atoms with E-state index in [1.165, 1.54) is 21.3 Å². The summed E-state index contributed by atoms with van der Waals surface area (Å²) in [5.74, 6) is 0.729. The third kappa shape index (κ3) is 4.70. The molecule has 2 aromatic carbocycles. The van der Waals surface area contributed by atoms with Crippen LogP contribution < -0.4 is 53.6 Å². The summed E-state index contributed by atoms with van der Waals surface area (Å²) in [4.78, 5) is 15.9. The number of hydrogen-bond acceptors (Lipinski definition) is 7. The zero-order valence-electron chi connectivity index (χ0n) is 17.5. The number of nitrogens with zero attached hydrogens (tertiary/aromatic N) is 1. The van der Waals surface area contributed by atoms with E-state index in [4.69, 9.17) is 18.9 Å². The van der Waals surface area contributed by atoms with E-state index in [9.17, 15) is 9.90 Å². The number of benzene rings is 2. The summed E-state index contributed by atoms with van der Waals surface area (Å²) in [6.45, 7) is 0. The van der Waals surface area contributed by atoms with Gasteiger partial charge in [-0.15, -0.1) is 0 Å². The van der Waals surface area contributed by atoms with Crippen molar-refractivity contribution in [3.8, 4) is 23.0 Å². The number of pyridine rings is 1. The summed E-state index contributed by atoms with van der Waals surface area (Å²) in [5, 5.41) is 13.0. The van der Waals surface area contributed by atoms with E-state index in [0.717, 1.165) is 11.5 Å². The van der Waals surface area contributed by atoms with Crippen molar-refractivity contribution in [3.05, 3.63) is 59.9 Å². The minimum absolute atomic E-state index is 0. The van der Waals surface area contributed by atoms with Crippen molar-refractivity contribution >= 4 is 22.3 Å². The summed E-state index contributed by atoms with van der Waals surface area (Å²) >= 11 is 0. The van der Waals surface area contributed by atoms with Gasteiger partial charge in [0.15, 0.2) is 23.0 Å². The van der Waals surface area contributed by atoms with Gasteiger partial charge in [0.1, 0.15) is 0 Å². The van der Waals surface area contributed by atoms with Gasteiger partial charge in [0.2, 0.25) is 0 Å². The summed E-state index contributed by atoms with van der Waals surface area (Å²) in [7, 11) is 6.13. The molecule has 7 nitrogen and oxygen atoms in total. The van der Waals surface area contributed by atoms with Gasteiger partial charge in [-0.1, -0.05) is 6.07 Å². The Bertz CT molecular complexity index is 1100. The number of carboxylic acids is 1. The monoisotopic (exact) mass is 417 g/mol. The minimum Gasteiger partial charge on any atom is -0.545 e. The quantitative estimate of drug-likeness (QED) is 0.377. The summed E-state index contributed by atoms with van der Waals surface area (Å²) in [6, 6.07) is 10.5. The van der Waals surface area contributed by atoms with Crippen LogP contribution in [0, 0.1) is 0 Å². The van der Waals surface area contributed by atoms with Crippen LogP contribution in [-0.2, 0) is 4.79 Å². The molecule has 0 aliphatic rings. The Morgan fingerprint density at radius 2 is 1.47 bits per heavy atom. The van der Waals surface area contributed by atoms with Crippen molar-refractivity contribution in [2.45, 2.75) is 0 Å². The molecule has 0 amide bonds. The fourth-order valence-corrected chi connectivity index (χ4v) is 3.12. The maximum atomic E-state index is 11.5.